The van der Waals surface area contributed by atoms with Gasteiger partial charge in [0.15, 0.2) is 5.69 Å². The number of benzene rings is 1. The molecule has 1 aromatic carbocycles. The highest BCUT2D eigenvalue weighted by Crippen LogP contribution is 2.51. The van der Waals surface area contributed by atoms with E-state index < -0.39 is 5.97 Å². The third kappa shape index (κ3) is 1.97. The van der Waals surface area contributed by atoms with Gasteiger partial charge in [-0.05, 0) is 31.1 Å². The van der Waals surface area contributed by atoms with Gasteiger partial charge in [0.2, 0.25) is 0 Å². The lowest BCUT2D eigenvalue weighted by Gasteiger charge is -2.25. The minimum Gasteiger partial charge on any atom is -0.476 e. The molecule has 2 aromatic rings. The standard InChI is InChI=1S/C17H18N2O2/c20-17(21)15-16(12-4-2-1-3-5-12)19(10-18-15)14-9-11-6-7-13(14)8-11/h1-5,10-11,13-14H,6-9H2,(H,20,21)/t11?,13?,14-/m1/s1. The van der Waals surface area contributed by atoms with Gasteiger partial charge in [-0.1, -0.05) is 36.8 Å². The van der Waals surface area contributed by atoms with Crippen LogP contribution in [0.3, 0.4) is 0 Å². The lowest BCUT2D eigenvalue weighted by Crippen LogP contribution is -2.17. The van der Waals surface area contributed by atoms with E-state index in [-0.39, 0.29) is 5.69 Å². The Bertz CT molecular complexity index is 677. The number of rotatable bonds is 3. The molecule has 1 aromatic heterocycles. The van der Waals surface area contributed by atoms with E-state index in [4.69, 9.17) is 0 Å². The quantitative estimate of drug-likeness (QED) is 0.935. The Hall–Kier alpha value is -2.10. The van der Waals surface area contributed by atoms with E-state index in [9.17, 15) is 9.90 Å². The fraction of sp³-hybridized carbons (Fsp3) is 0.412. The summed E-state index contributed by atoms with van der Waals surface area (Å²) in [5, 5.41) is 9.44. The first kappa shape index (κ1) is 12.6. The van der Waals surface area contributed by atoms with Gasteiger partial charge in [-0.25, -0.2) is 9.78 Å². The Kier molecular flexibility index (Phi) is 2.84. The first-order valence-electron chi connectivity index (χ1n) is 7.59. The van der Waals surface area contributed by atoms with Gasteiger partial charge in [-0.15, -0.1) is 0 Å². The zero-order valence-corrected chi connectivity index (χ0v) is 11.8. The molecule has 0 saturated heterocycles. The van der Waals surface area contributed by atoms with Crippen LogP contribution in [0.25, 0.3) is 11.3 Å². The normalized spacial score (nSPS) is 27.1. The number of carboxylic acid groups (broad SMARTS) is 1. The van der Waals surface area contributed by atoms with Gasteiger partial charge in [0.05, 0.1) is 12.0 Å². The number of nitrogens with zero attached hydrogens (tertiary/aromatic N) is 2. The smallest absolute Gasteiger partial charge is 0.356 e. The van der Waals surface area contributed by atoms with Gasteiger partial charge in [0.25, 0.3) is 0 Å². The molecule has 2 unspecified atom stereocenters. The van der Waals surface area contributed by atoms with Gasteiger partial charge in [-0.2, -0.15) is 0 Å². The van der Waals surface area contributed by atoms with Crippen molar-refractivity contribution in [3.63, 3.8) is 0 Å². The maximum Gasteiger partial charge on any atom is 0.356 e. The van der Waals surface area contributed by atoms with E-state index in [0.29, 0.717) is 12.0 Å². The molecule has 2 aliphatic rings. The van der Waals surface area contributed by atoms with Crippen LogP contribution in [0.1, 0.15) is 42.2 Å². The van der Waals surface area contributed by atoms with E-state index >= 15 is 0 Å². The highest BCUT2D eigenvalue weighted by molar-refractivity contribution is 5.93. The van der Waals surface area contributed by atoms with Crippen molar-refractivity contribution in [2.75, 3.05) is 0 Å². The number of fused-ring (bicyclic) bond motifs is 2. The number of carbonyl (C=O) groups is 1. The number of hydrogen-bond acceptors (Lipinski definition) is 2. The number of aromatic nitrogens is 2. The highest BCUT2D eigenvalue weighted by Gasteiger charge is 2.41. The second kappa shape index (κ2) is 4.72. The van der Waals surface area contributed by atoms with E-state index in [1.165, 1.54) is 25.7 Å². The second-order valence-electron chi connectivity index (χ2n) is 6.26. The summed E-state index contributed by atoms with van der Waals surface area (Å²) in [5.74, 6) is 0.559. The predicted octanol–water partition coefficient (Wildman–Crippen LogP) is 3.61. The van der Waals surface area contributed by atoms with Crippen molar-refractivity contribution in [2.45, 2.75) is 31.7 Å². The van der Waals surface area contributed by atoms with Crippen molar-refractivity contribution in [1.82, 2.24) is 9.55 Å². The van der Waals surface area contributed by atoms with E-state index in [1.807, 2.05) is 30.3 Å². The predicted molar refractivity (Wildman–Crippen MR) is 79.1 cm³/mol. The summed E-state index contributed by atoms with van der Waals surface area (Å²) in [4.78, 5) is 15.7. The molecule has 1 N–H and O–H groups in total. The number of aromatic carboxylic acids is 1. The molecule has 0 aliphatic heterocycles. The fourth-order valence-corrected chi connectivity index (χ4v) is 4.20. The summed E-state index contributed by atoms with van der Waals surface area (Å²) < 4.78 is 2.13. The van der Waals surface area contributed by atoms with Crippen LogP contribution in [0.5, 0.6) is 0 Å². The molecule has 0 spiro atoms. The summed E-state index contributed by atoms with van der Waals surface area (Å²) >= 11 is 0. The lowest BCUT2D eigenvalue weighted by atomic mass is 9.94. The van der Waals surface area contributed by atoms with Gasteiger partial charge in [-0.3, -0.25) is 0 Å². The van der Waals surface area contributed by atoms with Crippen molar-refractivity contribution in [3.8, 4) is 11.3 Å². The summed E-state index contributed by atoms with van der Waals surface area (Å²) in [6.07, 6.45) is 6.79. The fourth-order valence-electron chi connectivity index (χ4n) is 4.20. The molecule has 3 atom stereocenters. The first-order valence-corrected chi connectivity index (χ1v) is 7.59. The average molecular weight is 282 g/mol. The van der Waals surface area contributed by atoms with Crippen molar-refractivity contribution in [2.24, 2.45) is 11.8 Å². The van der Waals surface area contributed by atoms with E-state index in [2.05, 4.69) is 9.55 Å². The van der Waals surface area contributed by atoms with Crippen LogP contribution < -0.4 is 0 Å². The molecule has 2 saturated carbocycles. The Morgan fingerprint density at radius 3 is 2.62 bits per heavy atom. The van der Waals surface area contributed by atoms with Crippen molar-refractivity contribution < 1.29 is 9.90 Å². The zero-order valence-electron chi connectivity index (χ0n) is 11.8. The molecule has 4 nitrogen and oxygen atoms in total. The second-order valence-corrected chi connectivity index (χ2v) is 6.26. The van der Waals surface area contributed by atoms with Crippen LogP contribution in [0.2, 0.25) is 0 Å². The topological polar surface area (TPSA) is 55.1 Å². The molecular weight excluding hydrogens is 264 g/mol. The molecule has 0 amide bonds. The molecule has 4 heteroatoms. The average Bonchev–Trinajstić information content (AvgIpc) is 3.22. The molecule has 2 fully saturated rings. The van der Waals surface area contributed by atoms with Gasteiger partial charge in [0.1, 0.15) is 0 Å². The van der Waals surface area contributed by atoms with Crippen molar-refractivity contribution in [1.29, 1.82) is 0 Å². The lowest BCUT2D eigenvalue weighted by molar-refractivity contribution is 0.0692. The van der Waals surface area contributed by atoms with Gasteiger partial charge >= 0.3 is 5.97 Å². The zero-order chi connectivity index (χ0) is 14.4. The minimum atomic E-state index is -0.948. The van der Waals surface area contributed by atoms with E-state index in [0.717, 1.165) is 17.2 Å². The molecule has 2 aliphatic carbocycles. The van der Waals surface area contributed by atoms with Crippen LogP contribution in [0.4, 0.5) is 0 Å². The maximum absolute atomic E-state index is 11.5. The Labute approximate surface area is 123 Å². The van der Waals surface area contributed by atoms with Crippen molar-refractivity contribution in [3.05, 3.63) is 42.4 Å². The van der Waals surface area contributed by atoms with Crippen molar-refractivity contribution >= 4 is 5.97 Å². The first-order chi connectivity index (χ1) is 10.2. The molecule has 0 radical (unpaired) electrons. The van der Waals surface area contributed by atoms with Gasteiger partial charge < -0.3 is 9.67 Å². The Balaban J connectivity index is 1.83. The molecule has 2 bridgehead atoms. The largest absolute Gasteiger partial charge is 0.476 e. The SMILES string of the molecule is O=C(O)c1ncn([C@@H]2CC3CCC2C3)c1-c1ccccc1. The summed E-state index contributed by atoms with van der Waals surface area (Å²) in [6.45, 7) is 0. The van der Waals surface area contributed by atoms with Gasteiger partial charge in [0, 0.05) is 11.6 Å². The molecule has 1 heterocycles. The third-order valence-corrected chi connectivity index (χ3v) is 5.10. The van der Waals surface area contributed by atoms with E-state index in [1.54, 1.807) is 6.33 Å². The third-order valence-electron chi connectivity index (χ3n) is 5.10. The van der Waals surface area contributed by atoms with Crippen LogP contribution in [-0.4, -0.2) is 20.6 Å². The maximum atomic E-state index is 11.5. The molecule has 4 rings (SSSR count). The Morgan fingerprint density at radius 1 is 1.19 bits per heavy atom. The molecule has 21 heavy (non-hydrogen) atoms. The minimum absolute atomic E-state index is 0.170. The Morgan fingerprint density at radius 2 is 2.00 bits per heavy atom. The van der Waals surface area contributed by atoms with Crippen LogP contribution in [0, 0.1) is 11.8 Å². The monoisotopic (exact) mass is 282 g/mol. The summed E-state index contributed by atoms with van der Waals surface area (Å²) in [5.41, 5.74) is 1.87. The van der Waals surface area contributed by atoms with Crippen LogP contribution in [-0.2, 0) is 0 Å². The summed E-state index contributed by atoms with van der Waals surface area (Å²) in [6, 6.07) is 10.2. The number of imidazole rings is 1. The molecular formula is C17H18N2O2. The highest BCUT2D eigenvalue weighted by atomic mass is 16.4. The molecule has 108 valence electrons. The summed E-state index contributed by atoms with van der Waals surface area (Å²) in [7, 11) is 0. The number of hydrogen-bond donors (Lipinski definition) is 1. The van der Waals surface area contributed by atoms with Crippen LogP contribution >= 0.6 is 0 Å². The van der Waals surface area contributed by atoms with Crippen LogP contribution in [0.15, 0.2) is 36.7 Å². The number of carboxylic acids is 1.